The fourth-order valence-corrected chi connectivity index (χ4v) is 5.47. The van der Waals surface area contributed by atoms with E-state index in [1.807, 2.05) is 39.1 Å². The number of anilines is 1. The molecule has 1 N–H and O–H groups in total. The molecule has 3 aromatic heterocycles. The molecule has 0 spiro atoms. The molecular weight excluding hydrogens is 494 g/mol. The average molecular weight is 530 g/mol. The highest BCUT2D eigenvalue weighted by molar-refractivity contribution is 5.94. The quantitative estimate of drug-likeness (QED) is 0.389. The van der Waals surface area contributed by atoms with Gasteiger partial charge in [-0.3, -0.25) is 19.2 Å². The van der Waals surface area contributed by atoms with Gasteiger partial charge in [-0.1, -0.05) is 18.2 Å². The summed E-state index contributed by atoms with van der Waals surface area (Å²) in [6, 6.07) is 6.14. The Morgan fingerprint density at radius 3 is 2.72 bits per heavy atom. The second-order valence-corrected chi connectivity index (χ2v) is 11.2. The standard InChI is InChI=1S/C29H35N7O3/c1-19-26(20-8-10-34(11-9-20)18-25(37)39-29(2,3)4)36-17-24(21-6-5-7-23-22(21)16-30-33-23)32-27(28(36)31-19)35-12-14-38-15-13-35/h5-8,16-17H,9-15,18H2,1-4H3,(H,30,33). The molecule has 5 heterocycles. The topological polar surface area (TPSA) is 101 Å². The maximum atomic E-state index is 12.4. The molecule has 0 bridgehead atoms. The summed E-state index contributed by atoms with van der Waals surface area (Å²) in [5.41, 5.74) is 6.54. The largest absolute Gasteiger partial charge is 0.459 e. The molecule has 1 saturated heterocycles. The van der Waals surface area contributed by atoms with E-state index in [0.29, 0.717) is 19.8 Å². The molecule has 39 heavy (non-hydrogen) atoms. The number of hydrogen-bond donors (Lipinski definition) is 1. The highest BCUT2D eigenvalue weighted by atomic mass is 16.6. The molecule has 2 aliphatic heterocycles. The van der Waals surface area contributed by atoms with E-state index in [4.69, 9.17) is 19.4 Å². The molecule has 1 fully saturated rings. The molecular formula is C29H35N7O3. The minimum atomic E-state index is -0.480. The van der Waals surface area contributed by atoms with Gasteiger partial charge in [0.1, 0.15) is 5.60 Å². The third-order valence-corrected chi connectivity index (χ3v) is 7.20. The van der Waals surface area contributed by atoms with Crippen LogP contribution in [-0.2, 0) is 14.3 Å². The van der Waals surface area contributed by atoms with E-state index < -0.39 is 5.60 Å². The van der Waals surface area contributed by atoms with Crippen LogP contribution >= 0.6 is 0 Å². The summed E-state index contributed by atoms with van der Waals surface area (Å²) in [6.45, 7) is 12.4. The van der Waals surface area contributed by atoms with Gasteiger partial charge in [0.05, 0.1) is 48.6 Å². The SMILES string of the molecule is Cc1nc2c(N3CCOCC3)nc(-c3cccc4[nH]ncc34)cn2c1C1=CCN(CC(=O)OC(C)(C)C)CC1. The number of carbonyl (C=O) groups excluding carboxylic acids is 1. The summed E-state index contributed by atoms with van der Waals surface area (Å²) >= 11 is 0. The Balaban J connectivity index is 1.40. The van der Waals surface area contributed by atoms with E-state index in [-0.39, 0.29) is 12.5 Å². The van der Waals surface area contributed by atoms with Gasteiger partial charge in [-0.05, 0) is 45.8 Å². The second-order valence-electron chi connectivity index (χ2n) is 11.2. The number of nitrogens with one attached hydrogen (secondary N) is 1. The van der Waals surface area contributed by atoms with E-state index in [1.165, 1.54) is 5.57 Å². The number of aromatic nitrogens is 5. The number of benzene rings is 1. The molecule has 204 valence electrons. The van der Waals surface area contributed by atoms with Crippen molar-refractivity contribution in [1.82, 2.24) is 29.5 Å². The fourth-order valence-electron chi connectivity index (χ4n) is 5.47. The summed E-state index contributed by atoms with van der Waals surface area (Å²) in [4.78, 5) is 27.0. The molecule has 10 heteroatoms. The Morgan fingerprint density at radius 1 is 1.15 bits per heavy atom. The lowest BCUT2D eigenvalue weighted by Crippen LogP contribution is -2.37. The van der Waals surface area contributed by atoms with Crippen molar-refractivity contribution in [2.24, 2.45) is 0 Å². The smallest absolute Gasteiger partial charge is 0.320 e. The van der Waals surface area contributed by atoms with Crippen LogP contribution in [0.1, 0.15) is 38.6 Å². The maximum Gasteiger partial charge on any atom is 0.320 e. The van der Waals surface area contributed by atoms with Crippen LogP contribution in [0.3, 0.4) is 0 Å². The lowest BCUT2D eigenvalue weighted by Gasteiger charge is -2.29. The lowest BCUT2D eigenvalue weighted by atomic mass is 10.0. The summed E-state index contributed by atoms with van der Waals surface area (Å²) < 4.78 is 13.4. The number of morpholine rings is 1. The molecule has 0 amide bonds. The highest BCUT2D eigenvalue weighted by Crippen LogP contribution is 2.34. The van der Waals surface area contributed by atoms with Crippen LogP contribution in [-0.4, -0.2) is 87.0 Å². The first-order valence-electron chi connectivity index (χ1n) is 13.6. The Labute approximate surface area is 227 Å². The van der Waals surface area contributed by atoms with Gasteiger partial charge in [0.2, 0.25) is 0 Å². The molecule has 0 unspecified atom stereocenters. The molecule has 6 rings (SSSR count). The van der Waals surface area contributed by atoms with Crippen molar-refractivity contribution in [3.05, 3.63) is 48.1 Å². The first-order valence-corrected chi connectivity index (χ1v) is 13.6. The molecule has 1 aromatic carbocycles. The number of esters is 1. The zero-order valence-corrected chi connectivity index (χ0v) is 23.0. The van der Waals surface area contributed by atoms with Crippen LogP contribution in [0.5, 0.6) is 0 Å². The van der Waals surface area contributed by atoms with Crippen molar-refractivity contribution >= 4 is 33.9 Å². The minimum absolute atomic E-state index is 0.190. The maximum absolute atomic E-state index is 12.4. The highest BCUT2D eigenvalue weighted by Gasteiger charge is 2.26. The molecule has 0 saturated carbocycles. The Hall–Kier alpha value is -3.76. The number of hydrogen-bond acceptors (Lipinski definition) is 8. The lowest BCUT2D eigenvalue weighted by molar-refractivity contribution is -0.156. The van der Waals surface area contributed by atoms with E-state index >= 15 is 0 Å². The van der Waals surface area contributed by atoms with Gasteiger partial charge >= 0.3 is 5.97 Å². The number of carbonyl (C=O) groups is 1. The van der Waals surface area contributed by atoms with Gasteiger partial charge in [0.15, 0.2) is 11.5 Å². The van der Waals surface area contributed by atoms with E-state index in [1.54, 1.807) is 0 Å². The van der Waals surface area contributed by atoms with Gasteiger partial charge in [-0.15, -0.1) is 0 Å². The number of aryl methyl sites for hydroxylation is 1. The molecule has 0 aliphatic carbocycles. The molecule has 0 radical (unpaired) electrons. The Bertz CT molecular complexity index is 1560. The van der Waals surface area contributed by atoms with Gasteiger partial charge in [-0.25, -0.2) is 9.97 Å². The van der Waals surface area contributed by atoms with Gasteiger partial charge < -0.3 is 14.4 Å². The van der Waals surface area contributed by atoms with Crippen molar-refractivity contribution in [1.29, 1.82) is 0 Å². The Kier molecular flexibility index (Phi) is 6.60. The van der Waals surface area contributed by atoms with Crippen LogP contribution in [0.15, 0.2) is 36.7 Å². The van der Waals surface area contributed by atoms with Crippen LogP contribution in [0, 0.1) is 6.92 Å². The molecule has 2 aliphatic rings. The number of imidazole rings is 1. The average Bonchev–Trinajstić information content (AvgIpc) is 3.52. The summed E-state index contributed by atoms with van der Waals surface area (Å²) in [6.07, 6.45) is 6.99. The number of nitrogens with zero attached hydrogens (tertiary/aromatic N) is 6. The first-order chi connectivity index (χ1) is 18.8. The zero-order chi connectivity index (χ0) is 27.1. The summed E-state index contributed by atoms with van der Waals surface area (Å²) in [5, 5.41) is 8.36. The molecule has 0 atom stereocenters. The van der Waals surface area contributed by atoms with Crippen molar-refractivity contribution in [3.8, 4) is 11.3 Å². The van der Waals surface area contributed by atoms with E-state index in [0.717, 1.165) is 71.1 Å². The Morgan fingerprint density at radius 2 is 1.97 bits per heavy atom. The number of rotatable bonds is 5. The third-order valence-electron chi connectivity index (χ3n) is 7.20. The first kappa shape index (κ1) is 25.5. The second kappa shape index (κ2) is 10.1. The van der Waals surface area contributed by atoms with E-state index in [2.05, 4.69) is 49.7 Å². The van der Waals surface area contributed by atoms with E-state index in [9.17, 15) is 4.79 Å². The number of H-pyrrole nitrogens is 1. The van der Waals surface area contributed by atoms with Crippen molar-refractivity contribution < 1.29 is 14.3 Å². The fraction of sp³-hybridized carbons (Fsp3) is 0.448. The van der Waals surface area contributed by atoms with Crippen LogP contribution in [0.25, 0.3) is 33.4 Å². The van der Waals surface area contributed by atoms with Crippen molar-refractivity contribution in [2.75, 3.05) is 50.8 Å². The van der Waals surface area contributed by atoms with Crippen LogP contribution in [0.4, 0.5) is 5.82 Å². The summed E-state index contributed by atoms with van der Waals surface area (Å²) in [5.74, 6) is 0.679. The number of fused-ring (bicyclic) bond motifs is 2. The van der Waals surface area contributed by atoms with Crippen LogP contribution in [0.2, 0.25) is 0 Å². The van der Waals surface area contributed by atoms with Gasteiger partial charge in [0.25, 0.3) is 0 Å². The van der Waals surface area contributed by atoms with Crippen LogP contribution < -0.4 is 4.90 Å². The van der Waals surface area contributed by atoms with Crippen molar-refractivity contribution in [3.63, 3.8) is 0 Å². The van der Waals surface area contributed by atoms with Gasteiger partial charge in [0, 0.05) is 43.3 Å². The predicted molar refractivity (Wildman–Crippen MR) is 151 cm³/mol. The minimum Gasteiger partial charge on any atom is -0.459 e. The third kappa shape index (κ3) is 5.14. The zero-order valence-electron chi connectivity index (χ0n) is 23.0. The molecule has 10 nitrogen and oxygen atoms in total. The molecule has 4 aromatic rings. The number of ether oxygens (including phenoxy) is 2. The predicted octanol–water partition coefficient (Wildman–Crippen LogP) is 3.85. The van der Waals surface area contributed by atoms with Gasteiger partial charge in [-0.2, -0.15) is 5.10 Å². The number of aromatic amines is 1. The monoisotopic (exact) mass is 529 g/mol. The summed E-state index contributed by atoms with van der Waals surface area (Å²) in [7, 11) is 0. The van der Waals surface area contributed by atoms with Crippen molar-refractivity contribution in [2.45, 2.75) is 39.7 Å². The normalized spacial score (nSPS) is 17.1.